The molecule has 9 heteroatoms. The highest BCUT2D eigenvalue weighted by atomic mass is 79.9. The van der Waals surface area contributed by atoms with Crippen molar-refractivity contribution in [3.05, 3.63) is 63.6 Å². The van der Waals surface area contributed by atoms with E-state index < -0.39 is 28.5 Å². The summed E-state index contributed by atoms with van der Waals surface area (Å²) < 4.78 is 27.3. The molecule has 1 unspecified atom stereocenters. The van der Waals surface area contributed by atoms with Crippen LogP contribution in [0.25, 0.3) is 0 Å². The first-order chi connectivity index (χ1) is 15.8. The van der Waals surface area contributed by atoms with Crippen LogP contribution in [0.2, 0.25) is 0 Å². The second-order valence-corrected chi connectivity index (χ2v) is 11.9. The fourth-order valence-corrected chi connectivity index (χ4v) is 4.86. The number of carbonyl (C=O) groups excluding carboxylic acids is 2. The molecular weight excluding hydrogens is 518 g/mol. The van der Waals surface area contributed by atoms with Gasteiger partial charge in [0.05, 0.1) is 11.9 Å². The largest absolute Gasteiger partial charge is 0.354 e. The van der Waals surface area contributed by atoms with E-state index in [-0.39, 0.29) is 18.4 Å². The predicted molar refractivity (Wildman–Crippen MR) is 140 cm³/mol. The van der Waals surface area contributed by atoms with Gasteiger partial charge >= 0.3 is 0 Å². The lowest BCUT2D eigenvalue weighted by molar-refractivity contribution is -0.139. The Morgan fingerprint density at radius 1 is 1.03 bits per heavy atom. The van der Waals surface area contributed by atoms with Gasteiger partial charge in [-0.05, 0) is 67.6 Å². The molecule has 0 aliphatic rings. The molecule has 1 N–H and O–H groups in total. The van der Waals surface area contributed by atoms with Gasteiger partial charge in [-0.15, -0.1) is 0 Å². The first-order valence-corrected chi connectivity index (χ1v) is 13.8. The Balaban J connectivity index is 2.40. The topological polar surface area (TPSA) is 86.8 Å². The number of hydrogen-bond acceptors (Lipinski definition) is 4. The van der Waals surface area contributed by atoms with E-state index >= 15 is 0 Å². The van der Waals surface area contributed by atoms with Crippen LogP contribution in [0, 0.1) is 19.8 Å². The molecular formula is C25H34BrN3O4S. The van der Waals surface area contributed by atoms with Crippen LogP contribution in [0.3, 0.4) is 0 Å². The molecule has 34 heavy (non-hydrogen) atoms. The van der Waals surface area contributed by atoms with Crippen molar-refractivity contribution in [3.8, 4) is 0 Å². The molecule has 2 aromatic rings. The van der Waals surface area contributed by atoms with Crippen molar-refractivity contribution in [3.63, 3.8) is 0 Å². The Morgan fingerprint density at radius 2 is 1.65 bits per heavy atom. The van der Waals surface area contributed by atoms with Crippen LogP contribution < -0.4 is 9.62 Å². The van der Waals surface area contributed by atoms with Crippen LogP contribution >= 0.6 is 15.9 Å². The Hall–Kier alpha value is -2.39. The third-order valence-electron chi connectivity index (χ3n) is 5.27. The van der Waals surface area contributed by atoms with E-state index in [9.17, 15) is 18.0 Å². The van der Waals surface area contributed by atoms with E-state index in [1.807, 2.05) is 58.0 Å². The van der Waals surface area contributed by atoms with Gasteiger partial charge in [-0.3, -0.25) is 13.9 Å². The molecule has 2 aromatic carbocycles. The lowest BCUT2D eigenvalue weighted by Crippen LogP contribution is -2.51. The summed E-state index contributed by atoms with van der Waals surface area (Å²) in [6.07, 6.45) is 1.08. The monoisotopic (exact) mass is 551 g/mol. The maximum atomic E-state index is 13.5. The number of rotatable bonds is 10. The molecule has 0 saturated carbocycles. The number of nitrogens with zero attached hydrogens (tertiary/aromatic N) is 2. The predicted octanol–water partition coefficient (Wildman–Crippen LogP) is 4.02. The van der Waals surface area contributed by atoms with Crippen LogP contribution in [0.5, 0.6) is 0 Å². The third-order valence-corrected chi connectivity index (χ3v) is 6.90. The summed E-state index contributed by atoms with van der Waals surface area (Å²) in [6, 6.07) is 12.1. The number of halogens is 1. The summed E-state index contributed by atoms with van der Waals surface area (Å²) in [5.74, 6) is -0.484. The average Bonchev–Trinajstić information content (AvgIpc) is 2.71. The van der Waals surface area contributed by atoms with Gasteiger partial charge in [0, 0.05) is 17.6 Å². The van der Waals surface area contributed by atoms with Crippen LogP contribution in [0.4, 0.5) is 5.69 Å². The lowest BCUT2D eigenvalue weighted by atomic mass is 10.1. The standard InChI is InChI=1S/C25H34BrN3O4S/c1-17(2)14-27-25(31)20(5)28(15-21-8-7-9-22(26)13-21)24(30)16-29(34(6,32)33)23-11-18(3)10-19(4)12-23/h7-13,17,20H,14-16H2,1-6H3,(H,27,31). The molecule has 186 valence electrons. The quantitative estimate of drug-likeness (QED) is 0.483. The highest BCUT2D eigenvalue weighted by Gasteiger charge is 2.30. The summed E-state index contributed by atoms with van der Waals surface area (Å²) in [5.41, 5.74) is 3.03. The number of amides is 2. The SMILES string of the molecule is Cc1cc(C)cc(N(CC(=O)N(Cc2cccc(Br)c2)C(C)C(=O)NCC(C)C)S(C)(=O)=O)c1. The van der Waals surface area contributed by atoms with Gasteiger partial charge in [-0.1, -0.05) is 48.0 Å². The summed E-state index contributed by atoms with van der Waals surface area (Å²) in [6.45, 7) is 9.63. The molecule has 0 heterocycles. The van der Waals surface area contributed by atoms with Gasteiger partial charge in [0.25, 0.3) is 0 Å². The van der Waals surface area contributed by atoms with Crippen molar-refractivity contribution < 1.29 is 18.0 Å². The number of benzene rings is 2. The van der Waals surface area contributed by atoms with Crippen molar-refractivity contribution in [1.29, 1.82) is 0 Å². The maximum Gasteiger partial charge on any atom is 0.244 e. The van der Waals surface area contributed by atoms with Gasteiger partial charge in [0.15, 0.2) is 0 Å². The summed E-state index contributed by atoms with van der Waals surface area (Å²) in [5, 5.41) is 2.87. The van der Waals surface area contributed by atoms with Crippen molar-refractivity contribution in [2.24, 2.45) is 5.92 Å². The molecule has 7 nitrogen and oxygen atoms in total. The second kappa shape index (κ2) is 11.8. The molecule has 2 amide bonds. The molecule has 0 aliphatic carbocycles. The van der Waals surface area contributed by atoms with Crippen LogP contribution in [-0.4, -0.2) is 50.5 Å². The van der Waals surface area contributed by atoms with E-state index in [1.54, 1.807) is 19.1 Å². The number of anilines is 1. The zero-order valence-electron chi connectivity index (χ0n) is 20.6. The van der Waals surface area contributed by atoms with Crippen molar-refractivity contribution in [2.45, 2.75) is 47.2 Å². The summed E-state index contributed by atoms with van der Waals surface area (Å²) in [7, 11) is -3.75. The summed E-state index contributed by atoms with van der Waals surface area (Å²) >= 11 is 3.44. The Bertz CT molecular complexity index is 1110. The molecule has 1 atom stereocenters. The summed E-state index contributed by atoms with van der Waals surface area (Å²) in [4.78, 5) is 27.8. The van der Waals surface area contributed by atoms with Crippen LogP contribution in [0.15, 0.2) is 46.9 Å². The average molecular weight is 553 g/mol. The molecule has 2 rings (SSSR count). The third kappa shape index (κ3) is 8.13. The van der Waals surface area contributed by atoms with E-state index in [4.69, 9.17) is 0 Å². The molecule has 0 aromatic heterocycles. The maximum absolute atomic E-state index is 13.5. The minimum Gasteiger partial charge on any atom is -0.354 e. The van der Waals surface area contributed by atoms with Gasteiger partial charge in [0.1, 0.15) is 12.6 Å². The van der Waals surface area contributed by atoms with Gasteiger partial charge in [-0.25, -0.2) is 8.42 Å². The molecule has 0 bridgehead atoms. The molecule has 0 radical (unpaired) electrons. The van der Waals surface area contributed by atoms with E-state index in [0.717, 1.165) is 31.7 Å². The van der Waals surface area contributed by atoms with E-state index in [0.29, 0.717) is 12.2 Å². The van der Waals surface area contributed by atoms with E-state index in [1.165, 1.54) is 4.90 Å². The first-order valence-electron chi connectivity index (χ1n) is 11.2. The van der Waals surface area contributed by atoms with Crippen LogP contribution in [-0.2, 0) is 26.2 Å². The van der Waals surface area contributed by atoms with Crippen molar-refractivity contribution in [2.75, 3.05) is 23.7 Å². The second-order valence-electron chi connectivity index (χ2n) is 9.08. The Morgan fingerprint density at radius 3 is 2.18 bits per heavy atom. The minimum absolute atomic E-state index is 0.166. The van der Waals surface area contributed by atoms with Crippen molar-refractivity contribution in [1.82, 2.24) is 10.2 Å². The fourth-order valence-electron chi connectivity index (χ4n) is 3.58. The number of nitrogens with one attached hydrogen (secondary N) is 1. The minimum atomic E-state index is -3.75. The zero-order chi connectivity index (χ0) is 25.6. The van der Waals surface area contributed by atoms with Gasteiger partial charge < -0.3 is 10.2 Å². The number of sulfonamides is 1. The van der Waals surface area contributed by atoms with Gasteiger partial charge in [0.2, 0.25) is 21.8 Å². The zero-order valence-corrected chi connectivity index (χ0v) is 23.0. The smallest absolute Gasteiger partial charge is 0.244 e. The van der Waals surface area contributed by atoms with Crippen molar-refractivity contribution >= 4 is 43.5 Å². The van der Waals surface area contributed by atoms with E-state index in [2.05, 4.69) is 21.2 Å². The normalized spacial score (nSPS) is 12.4. The molecule has 0 aliphatic heterocycles. The lowest BCUT2D eigenvalue weighted by Gasteiger charge is -2.31. The first kappa shape index (κ1) is 27.9. The van der Waals surface area contributed by atoms with Crippen LogP contribution in [0.1, 0.15) is 37.5 Å². The number of aryl methyl sites for hydroxylation is 2. The fraction of sp³-hybridized carbons (Fsp3) is 0.440. The molecule has 0 saturated heterocycles. The number of carbonyl (C=O) groups is 2. The Labute approximate surface area is 211 Å². The highest BCUT2D eigenvalue weighted by Crippen LogP contribution is 2.22. The Kier molecular flexibility index (Phi) is 9.70. The highest BCUT2D eigenvalue weighted by molar-refractivity contribution is 9.10. The number of hydrogen-bond donors (Lipinski definition) is 1. The molecule has 0 fully saturated rings. The molecule has 0 spiro atoms. The van der Waals surface area contributed by atoms with Gasteiger partial charge in [-0.2, -0.15) is 0 Å².